The van der Waals surface area contributed by atoms with Gasteiger partial charge in [-0.3, -0.25) is 38.4 Å². The van der Waals surface area contributed by atoms with Crippen molar-refractivity contribution < 1.29 is 52.6 Å². The lowest BCUT2D eigenvalue weighted by Crippen LogP contribution is -2.63. The molecule has 0 heterocycles. The van der Waals surface area contributed by atoms with Crippen molar-refractivity contribution >= 4 is 53.4 Å². The zero-order valence-corrected chi connectivity index (χ0v) is 38.6. The molecule has 8 aliphatic carbocycles. The number of hydrogen-bond donors (Lipinski definition) is 8. The molecule has 0 aliphatic heterocycles. The van der Waals surface area contributed by atoms with E-state index in [4.69, 9.17) is 9.47 Å². The summed E-state index contributed by atoms with van der Waals surface area (Å²) in [7, 11) is 1.34. The molecule has 1 aromatic rings. The maximum Gasteiger partial charge on any atom is 0.407 e. The van der Waals surface area contributed by atoms with Crippen LogP contribution in [-0.4, -0.2) is 109 Å². The van der Waals surface area contributed by atoms with Crippen LogP contribution in [-0.2, 0) is 54.4 Å². The maximum atomic E-state index is 13.5. The molecule has 9 rings (SSSR count). The predicted octanol–water partition coefficient (Wildman–Crippen LogP) is 1.13. The van der Waals surface area contributed by atoms with Crippen molar-refractivity contribution in [2.45, 2.75) is 158 Å². The number of amides is 8. The van der Waals surface area contributed by atoms with Crippen molar-refractivity contribution in [3.63, 3.8) is 0 Å². The average Bonchev–Trinajstić information content (AvgIpc) is 3.24. The van der Waals surface area contributed by atoms with Gasteiger partial charge in [0.05, 0.1) is 54.5 Å². The van der Waals surface area contributed by atoms with E-state index in [1.807, 2.05) is 30.3 Å². The number of nitrogens with one attached hydrogen (secondary N) is 8. The molecular formula is C49H66N8O11. The van der Waals surface area contributed by atoms with Crippen LogP contribution in [0, 0.1) is 47.3 Å². The highest BCUT2D eigenvalue weighted by atomic mass is 16.5. The Labute approximate surface area is 395 Å². The quantitative estimate of drug-likeness (QED) is 0.0968. The van der Waals surface area contributed by atoms with Crippen LogP contribution in [0.25, 0.3) is 0 Å². The Hall–Kier alpha value is -5.75. The van der Waals surface area contributed by atoms with Gasteiger partial charge in [0.25, 0.3) is 0 Å². The summed E-state index contributed by atoms with van der Waals surface area (Å²) in [6, 6.07) is 6.76. The highest BCUT2D eigenvalue weighted by Crippen LogP contribution is 2.38. The van der Waals surface area contributed by atoms with Crippen molar-refractivity contribution in [1.29, 1.82) is 0 Å². The van der Waals surface area contributed by atoms with E-state index in [9.17, 15) is 43.2 Å². The lowest BCUT2D eigenvalue weighted by atomic mass is 9.73. The first-order valence-electron chi connectivity index (χ1n) is 25.0. The SMILES string of the molecule is COC(=O)[C@@H]1CC[C@@H]1NC(=O)[C@@H]1CC[C@@H]1NC(=O)[C@@H]1CC[C@@H]1NC(=O)[C@@H]1CC[C@@H]1NC(=O)[C@@H]1CC[C@@H]1NC(=O)[C@@H]1CC[C@@H]1NC(=O)[C@@H]1CC[C@@H]1NC(=O)[C@@H]1CC[C@@H]1NC(=O)OCc1ccccc1. The third-order valence-electron chi connectivity index (χ3n) is 16.9. The van der Waals surface area contributed by atoms with Crippen LogP contribution in [0.1, 0.15) is 108 Å². The minimum Gasteiger partial charge on any atom is -0.469 e. The van der Waals surface area contributed by atoms with E-state index in [0.717, 1.165) is 5.56 Å². The topological polar surface area (TPSA) is 268 Å². The van der Waals surface area contributed by atoms with Crippen molar-refractivity contribution in [1.82, 2.24) is 42.5 Å². The van der Waals surface area contributed by atoms with Crippen molar-refractivity contribution in [2.24, 2.45) is 47.3 Å². The molecule has 0 radical (unpaired) electrons. The Kier molecular flexibility index (Phi) is 14.2. The molecule has 8 amide bonds. The molecule has 8 saturated carbocycles. The Bertz CT molecular complexity index is 2140. The van der Waals surface area contributed by atoms with Crippen LogP contribution < -0.4 is 42.5 Å². The van der Waals surface area contributed by atoms with Crippen LogP contribution in [0.5, 0.6) is 0 Å². The number of carbonyl (C=O) groups is 9. The predicted molar refractivity (Wildman–Crippen MR) is 241 cm³/mol. The number of ether oxygens (including phenoxy) is 2. The van der Waals surface area contributed by atoms with Crippen LogP contribution in [0.4, 0.5) is 4.79 Å². The second kappa shape index (κ2) is 20.5. The first-order chi connectivity index (χ1) is 32.8. The maximum absolute atomic E-state index is 13.5. The smallest absolute Gasteiger partial charge is 0.407 e. The monoisotopic (exact) mass is 942 g/mol. The van der Waals surface area contributed by atoms with Gasteiger partial charge >= 0.3 is 12.1 Å². The summed E-state index contributed by atoms with van der Waals surface area (Å²) in [5.74, 6) is -4.87. The molecule has 1 aromatic carbocycles. The van der Waals surface area contributed by atoms with Gasteiger partial charge in [-0.25, -0.2) is 4.79 Å². The van der Waals surface area contributed by atoms with E-state index in [1.54, 1.807) is 0 Å². The van der Waals surface area contributed by atoms with Crippen LogP contribution in [0.2, 0.25) is 0 Å². The molecule has 0 aromatic heterocycles. The van der Waals surface area contributed by atoms with Gasteiger partial charge in [-0.1, -0.05) is 30.3 Å². The molecule has 19 heteroatoms. The van der Waals surface area contributed by atoms with Crippen LogP contribution in [0.15, 0.2) is 30.3 Å². The van der Waals surface area contributed by atoms with Gasteiger partial charge in [0.2, 0.25) is 41.4 Å². The summed E-state index contributed by atoms with van der Waals surface area (Å²) in [5.41, 5.74) is 0.863. The molecular weight excluding hydrogens is 877 g/mol. The summed E-state index contributed by atoms with van der Waals surface area (Å²) >= 11 is 0. The molecule has 0 unspecified atom stereocenters. The van der Waals surface area contributed by atoms with E-state index in [-0.39, 0.29) is 114 Å². The number of methoxy groups -OCH3 is 1. The second-order valence-electron chi connectivity index (χ2n) is 20.6. The van der Waals surface area contributed by atoms with E-state index in [0.29, 0.717) is 103 Å². The first kappa shape index (κ1) is 47.3. The van der Waals surface area contributed by atoms with Crippen LogP contribution >= 0.6 is 0 Å². The molecule has 0 spiro atoms. The van der Waals surface area contributed by atoms with Gasteiger partial charge in [-0.15, -0.1) is 0 Å². The minimum absolute atomic E-state index is 0.133. The number of alkyl carbamates (subject to hydrolysis) is 1. The van der Waals surface area contributed by atoms with E-state index in [2.05, 4.69) is 42.5 Å². The van der Waals surface area contributed by atoms with Crippen molar-refractivity contribution in [3.8, 4) is 0 Å². The first-order valence-corrected chi connectivity index (χ1v) is 25.0. The highest BCUT2D eigenvalue weighted by molar-refractivity contribution is 5.89. The molecule has 0 bridgehead atoms. The Morgan fingerprint density at radius 2 is 0.618 bits per heavy atom. The largest absolute Gasteiger partial charge is 0.469 e. The summed E-state index contributed by atoms with van der Waals surface area (Å²) < 4.78 is 10.1. The van der Waals surface area contributed by atoms with Gasteiger partial charge in [-0.05, 0) is 108 Å². The van der Waals surface area contributed by atoms with Gasteiger partial charge in [0.1, 0.15) is 6.61 Å². The van der Waals surface area contributed by atoms with Crippen molar-refractivity contribution in [3.05, 3.63) is 35.9 Å². The molecule has 8 N–H and O–H groups in total. The second-order valence-corrected chi connectivity index (χ2v) is 20.6. The molecule has 8 fully saturated rings. The summed E-state index contributed by atoms with van der Waals surface area (Å²) in [6.07, 6.45) is 9.74. The molecule has 19 nitrogen and oxygen atoms in total. The Morgan fingerprint density at radius 3 is 0.853 bits per heavy atom. The fourth-order valence-electron chi connectivity index (χ4n) is 11.0. The highest BCUT2D eigenvalue weighted by Gasteiger charge is 2.49. The summed E-state index contributed by atoms with van der Waals surface area (Å²) in [5, 5.41) is 24.0. The summed E-state index contributed by atoms with van der Waals surface area (Å²) in [6.45, 7) is 0.133. The standard InChI is InChI=1S/C49H66N8O11/c1-67-48(65)32-14-22-40(32)56-46(63)30-12-20-38(30)54-44(61)28-10-18-36(28)52-42(59)26-8-16-34(26)50-41(58)25-7-15-33(25)51-43(60)27-9-17-35(27)53-45(62)29-11-19-37(29)55-47(64)31-13-21-39(31)57-49(66)68-23-24-5-3-2-4-6-24/h2-6,25-40H,7-23H2,1H3,(H,50,58)(H,51,60)(H,52,59)(H,53,62)(H,54,61)(H,55,64)(H,56,63)(H,57,66)/t25-,26-,27-,28-,29-,30-,31-,32-,33+,34+,35+,36+,37+,38+,39+,40+/m1/s1. The number of hydrogen-bond acceptors (Lipinski definition) is 11. The fraction of sp³-hybridized carbons (Fsp3) is 0.694. The van der Waals surface area contributed by atoms with Gasteiger partial charge in [0, 0.05) is 48.3 Å². The Morgan fingerprint density at radius 1 is 0.368 bits per heavy atom. The van der Waals surface area contributed by atoms with E-state index < -0.39 is 41.6 Å². The van der Waals surface area contributed by atoms with E-state index in [1.165, 1.54) is 7.11 Å². The fourth-order valence-corrected chi connectivity index (χ4v) is 11.0. The van der Waals surface area contributed by atoms with Gasteiger partial charge in [-0.2, -0.15) is 0 Å². The van der Waals surface area contributed by atoms with Crippen LogP contribution in [0.3, 0.4) is 0 Å². The van der Waals surface area contributed by atoms with E-state index >= 15 is 0 Å². The molecule has 16 atom stereocenters. The third-order valence-corrected chi connectivity index (χ3v) is 16.9. The molecule has 68 heavy (non-hydrogen) atoms. The normalized spacial score (nSPS) is 36.0. The number of esters is 1. The molecule has 8 aliphatic rings. The zero-order valence-electron chi connectivity index (χ0n) is 38.6. The summed E-state index contributed by atoms with van der Waals surface area (Å²) in [4.78, 5) is 117. The lowest BCUT2D eigenvalue weighted by Gasteiger charge is -2.44. The number of benzene rings is 1. The molecule has 368 valence electrons. The lowest BCUT2D eigenvalue weighted by molar-refractivity contribution is -0.151. The Balaban J connectivity index is 0.656. The minimum atomic E-state index is -0.576. The van der Waals surface area contributed by atoms with Gasteiger partial charge in [0.15, 0.2) is 0 Å². The number of carbonyl (C=O) groups excluding carboxylic acids is 9. The zero-order chi connectivity index (χ0) is 47.6. The third kappa shape index (κ3) is 10.0. The van der Waals surface area contributed by atoms with Gasteiger partial charge < -0.3 is 52.0 Å². The number of rotatable bonds is 18. The van der Waals surface area contributed by atoms with Crippen molar-refractivity contribution in [2.75, 3.05) is 7.11 Å². The average molecular weight is 943 g/mol. The molecule has 0 saturated heterocycles.